The number of carbonyl (C=O) groups is 2. The van der Waals surface area contributed by atoms with E-state index in [0.717, 1.165) is 5.69 Å². The zero-order valence-corrected chi connectivity index (χ0v) is 11.5. The van der Waals surface area contributed by atoms with Gasteiger partial charge in [-0.1, -0.05) is 18.2 Å². The highest BCUT2D eigenvalue weighted by molar-refractivity contribution is 5.91. The van der Waals surface area contributed by atoms with E-state index >= 15 is 0 Å². The second kappa shape index (κ2) is 10.3. The maximum absolute atomic E-state index is 11.5. The first kappa shape index (κ1) is 17.4. The molecule has 0 aromatic heterocycles. The summed E-state index contributed by atoms with van der Waals surface area (Å²) < 4.78 is 0. The Bertz CT molecular complexity index is 385. The van der Waals surface area contributed by atoms with Crippen LogP contribution in [0.4, 0.5) is 5.69 Å². The molecule has 1 aromatic rings. The summed E-state index contributed by atoms with van der Waals surface area (Å²) in [5.74, 6) is -0.173. The lowest BCUT2D eigenvalue weighted by atomic mass is 10.3. The highest BCUT2D eigenvalue weighted by atomic mass is 35.5. The molecule has 2 amide bonds. The van der Waals surface area contributed by atoms with E-state index in [1.54, 1.807) is 0 Å². The molecule has 106 valence electrons. The standard InChI is InChI=1S/C13H19N3O2.ClH/c14-9-4-7-12(17)15-10-8-13(18)16-11-5-2-1-3-6-11;/h1-3,5-6H,4,7-10,14H2,(H,15,17)(H,16,18);1H. The van der Waals surface area contributed by atoms with Gasteiger partial charge in [0.05, 0.1) is 0 Å². The number of halogens is 1. The summed E-state index contributed by atoms with van der Waals surface area (Å²) in [6.07, 6.45) is 1.35. The fourth-order valence-corrected chi connectivity index (χ4v) is 1.41. The molecule has 0 saturated heterocycles. The number of para-hydroxylation sites is 1. The van der Waals surface area contributed by atoms with Crippen molar-refractivity contribution in [2.45, 2.75) is 19.3 Å². The van der Waals surface area contributed by atoms with Crippen LogP contribution in [0.15, 0.2) is 30.3 Å². The number of hydrogen-bond donors (Lipinski definition) is 3. The predicted octanol–water partition coefficient (Wildman–Crippen LogP) is 1.29. The van der Waals surface area contributed by atoms with Crippen molar-refractivity contribution in [1.82, 2.24) is 5.32 Å². The molecular formula is C13H20ClN3O2. The Morgan fingerprint density at radius 2 is 1.74 bits per heavy atom. The molecule has 6 heteroatoms. The van der Waals surface area contributed by atoms with E-state index < -0.39 is 0 Å². The first-order valence-corrected chi connectivity index (χ1v) is 6.04. The summed E-state index contributed by atoms with van der Waals surface area (Å²) in [5.41, 5.74) is 6.06. The van der Waals surface area contributed by atoms with Crippen LogP contribution in [0.2, 0.25) is 0 Å². The second-order valence-corrected chi connectivity index (χ2v) is 3.91. The van der Waals surface area contributed by atoms with Gasteiger partial charge >= 0.3 is 0 Å². The number of amides is 2. The molecule has 0 bridgehead atoms. The van der Waals surface area contributed by atoms with Crippen molar-refractivity contribution in [1.29, 1.82) is 0 Å². The lowest BCUT2D eigenvalue weighted by Gasteiger charge is -2.06. The zero-order chi connectivity index (χ0) is 13.2. The highest BCUT2D eigenvalue weighted by Crippen LogP contribution is 2.04. The van der Waals surface area contributed by atoms with E-state index in [1.165, 1.54) is 0 Å². The van der Waals surface area contributed by atoms with Crippen LogP contribution in [0, 0.1) is 0 Å². The summed E-state index contributed by atoms with van der Waals surface area (Å²) in [6, 6.07) is 9.22. The molecule has 0 aliphatic heterocycles. The second-order valence-electron chi connectivity index (χ2n) is 3.91. The summed E-state index contributed by atoms with van der Waals surface area (Å²) in [6.45, 7) is 0.851. The maximum Gasteiger partial charge on any atom is 0.226 e. The topological polar surface area (TPSA) is 84.2 Å². The summed E-state index contributed by atoms with van der Waals surface area (Å²) >= 11 is 0. The third-order valence-corrected chi connectivity index (χ3v) is 2.34. The molecule has 0 aliphatic rings. The Balaban J connectivity index is 0.00000324. The van der Waals surface area contributed by atoms with Gasteiger partial charge in [0.1, 0.15) is 0 Å². The number of nitrogens with one attached hydrogen (secondary N) is 2. The largest absolute Gasteiger partial charge is 0.356 e. The van der Waals surface area contributed by atoms with Crippen molar-refractivity contribution < 1.29 is 9.59 Å². The van der Waals surface area contributed by atoms with Gasteiger partial charge in [0.15, 0.2) is 0 Å². The third kappa shape index (κ3) is 8.18. The van der Waals surface area contributed by atoms with Crippen LogP contribution in [-0.2, 0) is 9.59 Å². The molecular weight excluding hydrogens is 266 g/mol. The molecule has 1 aromatic carbocycles. The average molecular weight is 286 g/mol. The number of rotatable bonds is 7. The normalized spacial score (nSPS) is 9.32. The molecule has 0 spiro atoms. The molecule has 0 atom stereocenters. The lowest BCUT2D eigenvalue weighted by Crippen LogP contribution is -2.27. The van der Waals surface area contributed by atoms with Gasteiger partial charge in [-0.05, 0) is 25.1 Å². The quantitative estimate of drug-likeness (QED) is 0.706. The van der Waals surface area contributed by atoms with Crippen LogP contribution in [0.25, 0.3) is 0 Å². The average Bonchev–Trinajstić information content (AvgIpc) is 2.37. The first-order valence-electron chi connectivity index (χ1n) is 6.04. The van der Waals surface area contributed by atoms with Gasteiger partial charge < -0.3 is 16.4 Å². The van der Waals surface area contributed by atoms with Gasteiger partial charge in [0, 0.05) is 25.1 Å². The molecule has 0 aliphatic carbocycles. The van der Waals surface area contributed by atoms with Crippen LogP contribution in [0.1, 0.15) is 19.3 Å². The van der Waals surface area contributed by atoms with Gasteiger partial charge in [-0.3, -0.25) is 9.59 Å². The smallest absolute Gasteiger partial charge is 0.226 e. The van der Waals surface area contributed by atoms with E-state index in [1.807, 2.05) is 30.3 Å². The van der Waals surface area contributed by atoms with Crippen LogP contribution in [0.5, 0.6) is 0 Å². The monoisotopic (exact) mass is 285 g/mol. The zero-order valence-electron chi connectivity index (χ0n) is 10.7. The van der Waals surface area contributed by atoms with E-state index in [2.05, 4.69) is 10.6 Å². The fourth-order valence-electron chi connectivity index (χ4n) is 1.41. The summed E-state index contributed by atoms with van der Waals surface area (Å²) in [7, 11) is 0. The first-order chi connectivity index (χ1) is 8.72. The van der Waals surface area contributed by atoms with E-state index in [9.17, 15) is 9.59 Å². The fraction of sp³-hybridized carbons (Fsp3) is 0.385. The molecule has 1 rings (SSSR count). The van der Waals surface area contributed by atoms with E-state index in [0.29, 0.717) is 25.9 Å². The van der Waals surface area contributed by atoms with Crippen LogP contribution < -0.4 is 16.4 Å². The minimum Gasteiger partial charge on any atom is -0.356 e. The molecule has 4 N–H and O–H groups in total. The van der Waals surface area contributed by atoms with Crippen molar-refractivity contribution in [3.63, 3.8) is 0 Å². The number of nitrogens with two attached hydrogens (primary N) is 1. The van der Waals surface area contributed by atoms with Crippen molar-refractivity contribution in [3.8, 4) is 0 Å². The predicted molar refractivity (Wildman–Crippen MR) is 78.2 cm³/mol. The third-order valence-electron chi connectivity index (χ3n) is 2.34. The van der Waals surface area contributed by atoms with E-state index in [4.69, 9.17) is 5.73 Å². The number of hydrogen-bond acceptors (Lipinski definition) is 3. The molecule has 0 saturated carbocycles. The summed E-state index contributed by atoms with van der Waals surface area (Å²) in [5, 5.41) is 5.43. The number of anilines is 1. The minimum absolute atomic E-state index is 0. The number of benzene rings is 1. The SMILES string of the molecule is Cl.NCCCC(=O)NCCC(=O)Nc1ccccc1. The molecule has 0 fully saturated rings. The Hall–Kier alpha value is -1.59. The van der Waals surface area contributed by atoms with Gasteiger partial charge in [-0.25, -0.2) is 0 Å². The van der Waals surface area contributed by atoms with Crippen molar-refractivity contribution in [2.75, 3.05) is 18.4 Å². The van der Waals surface area contributed by atoms with Crippen molar-refractivity contribution in [3.05, 3.63) is 30.3 Å². The molecule has 0 unspecified atom stereocenters. The maximum atomic E-state index is 11.5. The Morgan fingerprint density at radius 1 is 1.05 bits per heavy atom. The summed E-state index contributed by atoms with van der Waals surface area (Å²) in [4.78, 5) is 22.8. The Labute approximate surface area is 119 Å². The molecule has 5 nitrogen and oxygen atoms in total. The molecule has 19 heavy (non-hydrogen) atoms. The lowest BCUT2D eigenvalue weighted by molar-refractivity contribution is -0.121. The van der Waals surface area contributed by atoms with E-state index in [-0.39, 0.29) is 30.6 Å². The number of carbonyl (C=O) groups excluding carboxylic acids is 2. The van der Waals surface area contributed by atoms with Crippen molar-refractivity contribution >= 4 is 29.9 Å². The van der Waals surface area contributed by atoms with Gasteiger partial charge in [-0.2, -0.15) is 0 Å². The van der Waals surface area contributed by atoms with Gasteiger partial charge in [0.25, 0.3) is 0 Å². The van der Waals surface area contributed by atoms with Crippen LogP contribution >= 0.6 is 12.4 Å². The van der Waals surface area contributed by atoms with Crippen LogP contribution in [0.3, 0.4) is 0 Å². The van der Waals surface area contributed by atoms with Gasteiger partial charge in [0.2, 0.25) is 11.8 Å². The minimum atomic E-state index is -0.111. The van der Waals surface area contributed by atoms with Crippen LogP contribution in [-0.4, -0.2) is 24.9 Å². The van der Waals surface area contributed by atoms with Gasteiger partial charge in [-0.15, -0.1) is 12.4 Å². The molecule has 0 heterocycles. The highest BCUT2D eigenvalue weighted by Gasteiger charge is 2.04. The Kier molecular flexibility index (Phi) is 9.48. The van der Waals surface area contributed by atoms with Crippen molar-refractivity contribution in [2.24, 2.45) is 5.73 Å². The Morgan fingerprint density at radius 3 is 2.37 bits per heavy atom. The molecule has 0 radical (unpaired) electrons.